The SMILES string of the molecule is CCC1=C[C@H](OC(C)=O)[C@@H](I)[C@@H]2OC(C)(C)O[C@H]12. The zero-order valence-corrected chi connectivity index (χ0v) is 13.3. The minimum atomic E-state index is -0.571. The van der Waals surface area contributed by atoms with Crippen molar-refractivity contribution < 1.29 is 19.0 Å². The van der Waals surface area contributed by atoms with Crippen molar-refractivity contribution in [1.82, 2.24) is 0 Å². The van der Waals surface area contributed by atoms with Gasteiger partial charge in [-0.1, -0.05) is 29.5 Å². The van der Waals surface area contributed by atoms with Gasteiger partial charge in [0.25, 0.3) is 0 Å². The Hall–Kier alpha value is -0.140. The van der Waals surface area contributed by atoms with Crippen LogP contribution < -0.4 is 0 Å². The zero-order valence-electron chi connectivity index (χ0n) is 11.1. The molecule has 2 aliphatic rings. The van der Waals surface area contributed by atoms with E-state index in [0.29, 0.717) is 0 Å². The highest BCUT2D eigenvalue weighted by molar-refractivity contribution is 14.1. The zero-order chi connectivity index (χ0) is 13.5. The number of rotatable bonds is 2. The topological polar surface area (TPSA) is 44.8 Å². The summed E-state index contributed by atoms with van der Waals surface area (Å²) in [6.45, 7) is 7.35. The molecule has 1 aliphatic heterocycles. The molecule has 0 unspecified atom stereocenters. The second-order valence-electron chi connectivity index (χ2n) is 5.13. The maximum Gasteiger partial charge on any atom is 0.303 e. The molecule has 1 saturated heterocycles. The van der Waals surface area contributed by atoms with Crippen molar-refractivity contribution in [2.24, 2.45) is 0 Å². The van der Waals surface area contributed by atoms with Crippen LogP contribution in [-0.2, 0) is 19.0 Å². The van der Waals surface area contributed by atoms with Crippen molar-refractivity contribution in [2.45, 2.75) is 62.1 Å². The molecule has 0 amide bonds. The van der Waals surface area contributed by atoms with Crippen LogP contribution in [0.5, 0.6) is 0 Å². The first-order valence-corrected chi connectivity index (χ1v) is 7.46. The van der Waals surface area contributed by atoms with Gasteiger partial charge in [-0.25, -0.2) is 0 Å². The predicted octanol–water partition coefficient (Wildman–Crippen LogP) is 2.59. The summed E-state index contributed by atoms with van der Waals surface area (Å²) in [5, 5.41) is 0. The number of hydrogen-bond acceptors (Lipinski definition) is 4. The van der Waals surface area contributed by atoms with Crippen LogP contribution in [0.4, 0.5) is 0 Å². The van der Waals surface area contributed by atoms with Gasteiger partial charge in [-0.15, -0.1) is 0 Å². The monoisotopic (exact) mass is 366 g/mol. The number of halogens is 1. The van der Waals surface area contributed by atoms with Gasteiger partial charge in [0.2, 0.25) is 0 Å². The Kier molecular flexibility index (Phi) is 4.04. The fourth-order valence-electron chi connectivity index (χ4n) is 2.50. The summed E-state index contributed by atoms with van der Waals surface area (Å²) in [6, 6.07) is 0. The van der Waals surface area contributed by atoms with Crippen LogP contribution in [0.15, 0.2) is 11.6 Å². The number of esters is 1. The van der Waals surface area contributed by atoms with Gasteiger partial charge in [-0.2, -0.15) is 0 Å². The number of hydrogen-bond donors (Lipinski definition) is 0. The van der Waals surface area contributed by atoms with Crippen molar-refractivity contribution in [2.75, 3.05) is 0 Å². The third-order valence-corrected chi connectivity index (χ3v) is 4.63. The molecule has 102 valence electrons. The summed E-state index contributed by atoms with van der Waals surface area (Å²) >= 11 is 2.29. The second-order valence-corrected chi connectivity index (χ2v) is 6.57. The van der Waals surface area contributed by atoms with E-state index >= 15 is 0 Å². The summed E-state index contributed by atoms with van der Waals surface area (Å²) in [4.78, 5) is 11.1. The first-order chi connectivity index (χ1) is 8.34. The van der Waals surface area contributed by atoms with Gasteiger partial charge < -0.3 is 14.2 Å². The van der Waals surface area contributed by atoms with Gasteiger partial charge in [-0.3, -0.25) is 4.79 Å². The second kappa shape index (κ2) is 5.09. The minimum Gasteiger partial charge on any atom is -0.457 e. The molecule has 0 bridgehead atoms. The third-order valence-electron chi connectivity index (χ3n) is 3.21. The Morgan fingerprint density at radius 2 is 2.17 bits per heavy atom. The van der Waals surface area contributed by atoms with Crippen LogP contribution in [-0.4, -0.2) is 34.0 Å². The number of alkyl halides is 1. The van der Waals surface area contributed by atoms with Crippen LogP contribution in [0, 0.1) is 0 Å². The molecule has 0 aromatic carbocycles. The molecule has 0 aromatic heterocycles. The maximum atomic E-state index is 11.1. The highest BCUT2D eigenvalue weighted by Crippen LogP contribution is 2.41. The van der Waals surface area contributed by atoms with Gasteiger partial charge in [0.15, 0.2) is 5.79 Å². The molecule has 0 aromatic rings. The lowest BCUT2D eigenvalue weighted by Crippen LogP contribution is -2.45. The summed E-state index contributed by atoms with van der Waals surface area (Å²) in [5.41, 5.74) is 1.16. The first-order valence-electron chi connectivity index (χ1n) is 6.21. The third kappa shape index (κ3) is 2.72. The Balaban J connectivity index is 2.25. The van der Waals surface area contributed by atoms with E-state index in [4.69, 9.17) is 14.2 Å². The van der Waals surface area contributed by atoms with E-state index in [2.05, 4.69) is 29.5 Å². The molecule has 5 heteroatoms. The van der Waals surface area contributed by atoms with E-state index in [1.807, 2.05) is 19.9 Å². The largest absolute Gasteiger partial charge is 0.457 e. The molecule has 4 nitrogen and oxygen atoms in total. The van der Waals surface area contributed by atoms with E-state index in [1.165, 1.54) is 6.92 Å². The lowest BCUT2D eigenvalue weighted by molar-refractivity contribution is -0.149. The Morgan fingerprint density at radius 3 is 2.72 bits per heavy atom. The van der Waals surface area contributed by atoms with Crippen molar-refractivity contribution in [3.8, 4) is 0 Å². The Morgan fingerprint density at radius 1 is 1.50 bits per heavy atom. The molecule has 0 N–H and O–H groups in total. The van der Waals surface area contributed by atoms with Crippen LogP contribution in [0.3, 0.4) is 0 Å². The highest BCUT2D eigenvalue weighted by atomic mass is 127. The van der Waals surface area contributed by atoms with Gasteiger partial charge in [0, 0.05) is 6.92 Å². The summed E-state index contributed by atoms with van der Waals surface area (Å²) in [5.74, 6) is -0.831. The molecule has 1 aliphatic carbocycles. The van der Waals surface area contributed by atoms with Gasteiger partial charge in [0.05, 0.1) is 3.92 Å². The van der Waals surface area contributed by atoms with Crippen LogP contribution in [0.1, 0.15) is 34.1 Å². The quantitative estimate of drug-likeness (QED) is 0.326. The van der Waals surface area contributed by atoms with E-state index < -0.39 is 5.79 Å². The molecule has 2 rings (SSSR count). The number of ether oxygens (including phenoxy) is 3. The van der Waals surface area contributed by atoms with E-state index in [1.54, 1.807) is 0 Å². The molecule has 4 atom stereocenters. The summed E-state index contributed by atoms with van der Waals surface area (Å²) in [7, 11) is 0. The molecule has 0 saturated carbocycles. The summed E-state index contributed by atoms with van der Waals surface area (Å²) in [6.07, 6.45) is 2.60. The predicted molar refractivity (Wildman–Crippen MR) is 75.6 cm³/mol. The first kappa shape index (κ1) is 14.3. The van der Waals surface area contributed by atoms with Gasteiger partial charge in [0.1, 0.15) is 18.3 Å². The Bertz CT molecular complexity index is 377. The summed E-state index contributed by atoms with van der Waals surface area (Å²) < 4.78 is 17.3. The van der Waals surface area contributed by atoms with Gasteiger partial charge >= 0.3 is 5.97 Å². The lowest BCUT2D eigenvalue weighted by atomic mass is 9.90. The molecule has 1 fully saturated rings. The van der Waals surface area contributed by atoms with E-state index in [0.717, 1.165) is 12.0 Å². The fraction of sp³-hybridized carbons (Fsp3) is 0.769. The normalized spacial score (nSPS) is 37.9. The molecule has 18 heavy (non-hydrogen) atoms. The molecule has 0 spiro atoms. The van der Waals surface area contributed by atoms with Gasteiger partial charge in [-0.05, 0) is 31.9 Å². The van der Waals surface area contributed by atoms with Crippen molar-refractivity contribution >= 4 is 28.6 Å². The highest BCUT2D eigenvalue weighted by Gasteiger charge is 2.50. The van der Waals surface area contributed by atoms with Crippen LogP contribution >= 0.6 is 22.6 Å². The lowest BCUT2D eigenvalue weighted by Gasteiger charge is -2.33. The standard InChI is InChI=1S/C13H19IO4/c1-5-8-6-9(16-7(2)15)10(14)12-11(8)17-13(3,4)18-12/h6,9-12H,5H2,1-4H3/t9-,10+,11+,12-/m0/s1. The average Bonchev–Trinajstić information content (AvgIpc) is 2.58. The van der Waals surface area contributed by atoms with Crippen LogP contribution in [0.25, 0.3) is 0 Å². The average molecular weight is 366 g/mol. The van der Waals surface area contributed by atoms with Crippen molar-refractivity contribution in [3.05, 3.63) is 11.6 Å². The molecule has 0 radical (unpaired) electrons. The molecular formula is C13H19IO4. The molecular weight excluding hydrogens is 347 g/mol. The van der Waals surface area contributed by atoms with Crippen molar-refractivity contribution in [3.63, 3.8) is 0 Å². The number of carbonyl (C=O) groups is 1. The van der Waals surface area contributed by atoms with Crippen molar-refractivity contribution in [1.29, 1.82) is 0 Å². The smallest absolute Gasteiger partial charge is 0.303 e. The van der Waals surface area contributed by atoms with E-state index in [9.17, 15) is 4.79 Å². The fourth-order valence-corrected chi connectivity index (χ4v) is 3.38. The maximum absolute atomic E-state index is 11.1. The Labute approximate surface area is 121 Å². The molecule has 1 heterocycles. The minimum absolute atomic E-state index is 0.0151. The van der Waals surface area contributed by atoms with E-state index in [-0.39, 0.29) is 28.2 Å². The number of carbonyl (C=O) groups excluding carboxylic acids is 1. The number of fused-ring (bicyclic) bond motifs is 1. The van der Waals surface area contributed by atoms with Crippen LogP contribution in [0.2, 0.25) is 0 Å².